The molecule has 0 fully saturated rings. The van der Waals surface area contributed by atoms with Crippen LogP contribution in [0, 0.1) is 5.92 Å². The molecule has 0 unspecified atom stereocenters. The minimum Gasteiger partial charge on any atom is -0.344 e. The van der Waals surface area contributed by atoms with Gasteiger partial charge in [0.1, 0.15) is 5.82 Å². The van der Waals surface area contributed by atoms with Crippen molar-refractivity contribution in [1.82, 2.24) is 19.9 Å². The van der Waals surface area contributed by atoms with Crippen LogP contribution in [-0.2, 0) is 0 Å². The maximum Gasteiger partial charge on any atom is 0.223 e. The maximum atomic E-state index is 4.66. The number of nitrogens with one attached hydrogen (secondary N) is 2. The minimum absolute atomic E-state index is 0.0461. The van der Waals surface area contributed by atoms with Crippen molar-refractivity contribution in [2.45, 2.75) is 19.9 Å². The average molecular weight is 267 g/mol. The summed E-state index contributed by atoms with van der Waals surface area (Å²) < 4.78 is 0. The molecule has 0 saturated carbocycles. The lowest BCUT2D eigenvalue weighted by Gasteiger charge is -2.20. The second-order valence-electron chi connectivity index (χ2n) is 5.08. The van der Waals surface area contributed by atoms with Crippen molar-refractivity contribution in [2.24, 2.45) is 5.92 Å². The van der Waals surface area contributed by atoms with E-state index in [0.29, 0.717) is 11.9 Å². The second-order valence-corrected chi connectivity index (χ2v) is 5.08. The number of nitrogens with zero attached hydrogens (tertiary/aromatic N) is 3. The molecule has 0 spiro atoms. The summed E-state index contributed by atoms with van der Waals surface area (Å²) in [5.74, 6) is 1.89. The number of imidazole rings is 1. The lowest BCUT2D eigenvalue weighted by atomic mass is 10.0. The van der Waals surface area contributed by atoms with Crippen molar-refractivity contribution in [2.75, 3.05) is 5.32 Å². The largest absolute Gasteiger partial charge is 0.344 e. The molecule has 2 heterocycles. The Labute approximate surface area is 117 Å². The Morgan fingerprint density at radius 2 is 1.80 bits per heavy atom. The van der Waals surface area contributed by atoms with Crippen molar-refractivity contribution >= 4 is 17.0 Å². The minimum atomic E-state index is 0.0461. The summed E-state index contributed by atoms with van der Waals surface area (Å²) in [5.41, 5.74) is 2.02. The van der Waals surface area contributed by atoms with E-state index in [1.165, 1.54) is 0 Å². The zero-order chi connectivity index (χ0) is 13.9. The van der Waals surface area contributed by atoms with Crippen LogP contribution in [0.4, 0.5) is 5.95 Å². The van der Waals surface area contributed by atoms with Gasteiger partial charge in [-0.05, 0) is 24.1 Å². The van der Waals surface area contributed by atoms with Gasteiger partial charge in [-0.25, -0.2) is 15.0 Å². The first-order valence-corrected chi connectivity index (χ1v) is 6.72. The number of hydrogen-bond acceptors (Lipinski definition) is 4. The Balaban J connectivity index is 1.94. The Kier molecular flexibility index (Phi) is 3.33. The fraction of sp³-hybridized carbons (Fsp3) is 0.267. The molecule has 0 saturated heterocycles. The van der Waals surface area contributed by atoms with Crippen LogP contribution in [0.3, 0.4) is 0 Å². The van der Waals surface area contributed by atoms with Crippen LogP contribution in [0.2, 0.25) is 0 Å². The van der Waals surface area contributed by atoms with E-state index >= 15 is 0 Å². The first kappa shape index (κ1) is 12.6. The van der Waals surface area contributed by atoms with Crippen molar-refractivity contribution < 1.29 is 0 Å². The van der Waals surface area contributed by atoms with Crippen LogP contribution < -0.4 is 5.32 Å². The normalized spacial score (nSPS) is 12.8. The quantitative estimate of drug-likeness (QED) is 0.762. The molecule has 5 heteroatoms. The van der Waals surface area contributed by atoms with E-state index in [4.69, 9.17) is 0 Å². The molecule has 1 aromatic carbocycles. The van der Waals surface area contributed by atoms with Crippen molar-refractivity contribution in [3.63, 3.8) is 0 Å². The lowest BCUT2D eigenvalue weighted by molar-refractivity contribution is 0.523. The van der Waals surface area contributed by atoms with Crippen LogP contribution in [-0.4, -0.2) is 19.9 Å². The van der Waals surface area contributed by atoms with Gasteiger partial charge in [0.05, 0.1) is 17.1 Å². The van der Waals surface area contributed by atoms with E-state index in [2.05, 4.69) is 39.1 Å². The van der Waals surface area contributed by atoms with E-state index in [1.807, 2.05) is 24.3 Å². The third kappa shape index (κ3) is 2.47. The SMILES string of the molecule is CC(C)[C@@H](Nc1ncccn1)c1nc2ccccc2[nH]1. The highest BCUT2D eigenvalue weighted by Crippen LogP contribution is 2.24. The molecular weight excluding hydrogens is 250 g/mol. The van der Waals surface area contributed by atoms with Crippen LogP contribution >= 0.6 is 0 Å². The van der Waals surface area contributed by atoms with Gasteiger partial charge in [0, 0.05) is 12.4 Å². The van der Waals surface area contributed by atoms with E-state index < -0.39 is 0 Å². The summed E-state index contributed by atoms with van der Waals surface area (Å²) in [7, 11) is 0. The standard InChI is InChI=1S/C15H17N5/c1-10(2)13(20-15-16-8-5-9-17-15)14-18-11-6-3-4-7-12(11)19-14/h3-10,13H,1-2H3,(H,18,19)(H,16,17,20)/t13-/m1/s1. The molecule has 102 valence electrons. The van der Waals surface area contributed by atoms with Gasteiger partial charge in [-0.2, -0.15) is 0 Å². The van der Waals surface area contributed by atoms with Gasteiger partial charge in [-0.15, -0.1) is 0 Å². The molecular formula is C15H17N5. The Bertz CT molecular complexity index is 657. The fourth-order valence-corrected chi connectivity index (χ4v) is 2.18. The van der Waals surface area contributed by atoms with Gasteiger partial charge >= 0.3 is 0 Å². The molecule has 0 aliphatic heterocycles. The molecule has 5 nitrogen and oxygen atoms in total. The first-order valence-electron chi connectivity index (χ1n) is 6.72. The molecule has 2 aromatic heterocycles. The lowest BCUT2D eigenvalue weighted by Crippen LogP contribution is -2.19. The fourth-order valence-electron chi connectivity index (χ4n) is 2.18. The van der Waals surface area contributed by atoms with E-state index in [-0.39, 0.29) is 6.04 Å². The molecule has 0 bridgehead atoms. The highest BCUT2D eigenvalue weighted by Gasteiger charge is 2.20. The van der Waals surface area contributed by atoms with Crippen molar-refractivity contribution in [1.29, 1.82) is 0 Å². The summed E-state index contributed by atoms with van der Waals surface area (Å²) in [6.07, 6.45) is 3.46. The molecule has 20 heavy (non-hydrogen) atoms. The second kappa shape index (κ2) is 5.28. The summed E-state index contributed by atoms with van der Waals surface area (Å²) in [5, 5.41) is 3.34. The van der Waals surface area contributed by atoms with Gasteiger partial charge in [-0.3, -0.25) is 0 Å². The predicted octanol–water partition coefficient (Wildman–Crippen LogP) is 3.16. The Morgan fingerprint density at radius 3 is 2.50 bits per heavy atom. The summed E-state index contributed by atoms with van der Waals surface area (Å²) >= 11 is 0. The molecule has 0 amide bonds. The van der Waals surface area contributed by atoms with Gasteiger partial charge in [0.15, 0.2) is 0 Å². The highest BCUT2D eigenvalue weighted by molar-refractivity contribution is 5.74. The molecule has 2 N–H and O–H groups in total. The number of benzene rings is 1. The number of H-pyrrole nitrogens is 1. The predicted molar refractivity (Wildman–Crippen MR) is 79.3 cm³/mol. The Morgan fingerprint density at radius 1 is 1.05 bits per heavy atom. The molecule has 0 radical (unpaired) electrons. The number of aromatic amines is 1. The number of hydrogen-bond donors (Lipinski definition) is 2. The highest BCUT2D eigenvalue weighted by atomic mass is 15.1. The van der Waals surface area contributed by atoms with Gasteiger partial charge in [-0.1, -0.05) is 26.0 Å². The van der Waals surface area contributed by atoms with E-state index in [0.717, 1.165) is 16.9 Å². The Hall–Kier alpha value is -2.43. The number of rotatable bonds is 4. The third-order valence-corrected chi connectivity index (χ3v) is 3.22. The number of anilines is 1. The van der Waals surface area contributed by atoms with E-state index in [9.17, 15) is 0 Å². The van der Waals surface area contributed by atoms with Gasteiger partial charge < -0.3 is 10.3 Å². The zero-order valence-electron chi connectivity index (χ0n) is 11.5. The summed E-state index contributed by atoms with van der Waals surface area (Å²) in [6, 6.07) is 9.88. The van der Waals surface area contributed by atoms with Crippen LogP contribution in [0.1, 0.15) is 25.7 Å². The van der Waals surface area contributed by atoms with E-state index in [1.54, 1.807) is 18.5 Å². The van der Waals surface area contributed by atoms with Gasteiger partial charge in [0.25, 0.3) is 0 Å². The smallest absolute Gasteiger partial charge is 0.223 e. The van der Waals surface area contributed by atoms with Crippen LogP contribution in [0.5, 0.6) is 0 Å². The average Bonchev–Trinajstić information content (AvgIpc) is 2.89. The summed E-state index contributed by atoms with van der Waals surface area (Å²) in [4.78, 5) is 16.5. The molecule has 0 aliphatic carbocycles. The van der Waals surface area contributed by atoms with Crippen LogP contribution in [0.15, 0.2) is 42.7 Å². The summed E-state index contributed by atoms with van der Waals surface area (Å²) in [6.45, 7) is 4.29. The molecule has 3 aromatic rings. The van der Waals surface area contributed by atoms with Gasteiger partial charge in [0.2, 0.25) is 5.95 Å². The third-order valence-electron chi connectivity index (χ3n) is 3.22. The van der Waals surface area contributed by atoms with Crippen molar-refractivity contribution in [3.05, 3.63) is 48.5 Å². The molecule has 3 rings (SSSR count). The number of aromatic nitrogens is 4. The monoisotopic (exact) mass is 267 g/mol. The maximum absolute atomic E-state index is 4.66. The first-order chi connectivity index (χ1) is 9.74. The molecule has 1 atom stereocenters. The van der Waals surface area contributed by atoms with Crippen LogP contribution in [0.25, 0.3) is 11.0 Å². The van der Waals surface area contributed by atoms with Crippen molar-refractivity contribution in [3.8, 4) is 0 Å². The number of fused-ring (bicyclic) bond motifs is 1. The molecule has 0 aliphatic rings. The zero-order valence-corrected chi connectivity index (χ0v) is 11.5. The number of para-hydroxylation sites is 2. The topological polar surface area (TPSA) is 66.5 Å².